The molecular weight excluding hydrogens is 865 g/mol. The Bertz CT molecular complexity index is 2950. The number of nitro benzene ring substituents is 2. The second-order valence-electron chi connectivity index (χ2n) is 14.4. The zero-order valence-electron chi connectivity index (χ0n) is 34.5. The number of nitrogens with zero attached hydrogens (tertiary/aromatic N) is 2. The first-order valence-electron chi connectivity index (χ1n) is 19.8. The van der Waals surface area contributed by atoms with Crippen molar-refractivity contribution in [1.82, 2.24) is 0 Å². The molecule has 7 aromatic carbocycles. The van der Waals surface area contributed by atoms with Gasteiger partial charge in [0, 0.05) is 91.8 Å². The van der Waals surface area contributed by atoms with Gasteiger partial charge >= 0.3 is 0 Å². The Morgan fingerprint density at radius 1 is 0.328 bits per heavy atom. The van der Waals surface area contributed by atoms with Crippen LogP contribution >= 0.6 is 0 Å². The fraction of sp³-hybridized carbons (Fsp3) is 0. The van der Waals surface area contributed by atoms with Gasteiger partial charge in [0.1, 0.15) is 5.75 Å². The van der Waals surface area contributed by atoms with E-state index in [1.165, 1.54) is 78.9 Å². The van der Waals surface area contributed by atoms with Gasteiger partial charge in [-0.1, -0.05) is 36.4 Å². The second-order valence-corrected chi connectivity index (χ2v) is 14.4. The SMILES string of the molecule is O=C(Nc1cccc(NC(=O)c2cc(O)cc(C(=O)Nc3cccc(NC(=O)c4cccc(NC(=O)c5cccc([N+](=O)[O-])c5)c4)c3)c2)c1)c1cccc(NC(=O)c2cccc([N+](=O)[O-])c2)c1. The normalized spacial score (nSPS) is 10.4. The van der Waals surface area contributed by atoms with E-state index in [4.69, 9.17) is 0 Å². The maximum atomic E-state index is 13.4. The molecule has 0 saturated heterocycles. The minimum Gasteiger partial charge on any atom is -0.508 e. The molecule has 0 radical (unpaired) electrons. The molecule has 0 fully saturated rings. The third-order valence-electron chi connectivity index (χ3n) is 9.60. The molecule has 0 heterocycles. The van der Waals surface area contributed by atoms with E-state index in [1.54, 1.807) is 60.7 Å². The van der Waals surface area contributed by atoms with Crippen LogP contribution in [0, 0.1) is 20.2 Å². The van der Waals surface area contributed by atoms with Crippen molar-refractivity contribution in [2.45, 2.75) is 0 Å². The van der Waals surface area contributed by atoms with Crippen molar-refractivity contribution in [1.29, 1.82) is 0 Å². The summed E-state index contributed by atoms with van der Waals surface area (Å²) in [5, 5.41) is 48.7. The summed E-state index contributed by atoms with van der Waals surface area (Å²) in [6, 6.07) is 38.3. The van der Waals surface area contributed by atoms with Gasteiger partial charge in [0.25, 0.3) is 46.8 Å². The standard InChI is InChI=1S/C48H34N8O11/c57-42-24-32(47(62)53-38-15-5-13-36(26-38)51-43(58)28-7-1-11-34(20-28)49-45(60)30-9-3-17-40(22-30)55(64)65)19-33(25-42)48(63)54-39-16-6-14-37(27-39)52-44(59)29-8-2-12-35(21-29)50-46(61)31-10-4-18-41(23-31)56(66)67/h1-27,57H,(H,49,60)(H,50,61)(H,51,58)(H,52,59)(H,53,62)(H,54,63). The van der Waals surface area contributed by atoms with Crippen LogP contribution in [-0.2, 0) is 0 Å². The zero-order chi connectivity index (χ0) is 47.6. The number of aromatic hydroxyl groups is 1. The summed E-state index contributed by atoms with van der Waals surface area (Å²) in [7, 11) is 0. The predicted octanol–water partition coefficient (Wildman–Crippen LogP) is 8.72. The zero-order valence-corrected chi connectivity index (χ0v) is 34.5. The Morgan fingerprint density at radius 3 is 0.896 bits per heavy atom. The number of hydrogen-bond donors (Lipinski definition) is 7. The number of anilines is 6. The van der Waals surface area contributed by atoms with Gasteiger partial charge in [0.15, 0.2) is 0 Å². The highest BCUT2D eigenvalue weighted by Gasteiger charge is 2.18. The third-order valence-corrected chi connectivity index (χ3v) is 9.60. The molecular formula is C48H34N8O11. The van der Waals surface area contributed by atoms with Crippen LogP contribution in [0.4, 0.5) is 45.5 Å². The van der Waals surface area contributed by atoms with Crippen LogP contribution in [0.25, 0.3) is 0 Å². The summed E-state index contributed by atoms with van der Waals surface area (Å²) < 4.78 is 0. The Hall–Kier alpha value is -10.0. The number of amides is 6. The minimum atomic E-state index is -0.696. The van der Waals surface area contributed by atoms with Crippen LogP contribution in [0.2, 0.25) is 0 Å². The second kappa shape index (κ2) is 20.0. The fourth-order valence-corrected chi connectivity index (χ4v) is 6.44. The monoisotopic (exact) mass is 898 g/mol. The molecule has 0 unspecified atom stereocenters. The number of phenolic OH excluding ortho intramolecular Hbond substituents is 1. The predicted molar refractivity (Wildman–Crippen MR) is 248 cm³/mol. The first-order chi connectivity index (χ1) is 32.2. The number of nitrogens with one attached hydrogen (secondary N) is 6. The molecule has 19 heteroatoms. The van der Waals surface area contributed by atoms with E-state index < -0.39 is 45.3 Å². The summed E-state index contributed by atoms with van der Waals surface area (Å²) in [6.45, 7) is 0. The molecule has 0 spiro atoms. The smallest absolute Gasteiger partial charge is 0.270 e. The molecule has 19 nitrogen and oxygen atoms in total. The van der Waals surface area contributed by atoms with E-state index in [-0.39, 0.29) is 73.3 Å². The van der Waals surface area contributed by atoms with Crippen molar-refractivity contribution in [3.8, 4) is 5.75 Å². The van der Waals surface area contributed by atoms with Gasteiger partial charge in [-0.2, -0.15) is 0 Å². The maximum Gasteiger partial charge on any atom is 0.270 e. The Morgan fingerprint density at radius 2 is 0.582 bits per heavy atom. The number of nitro groups is 2. The van der Waals surface area contributed by atoms with Gasteiger partial charge in [-0.15, -0.1) is 0 Å². The number of carbonyl (C=O) groups is 6. The summed E-state index contributed by atoms with van der Waals surface area (Å²) in [4.78, 5) is 99.7. The van der Waals surface area contributed by atoms with Gasteiger partial charge in [-0.3, -0.25) is 49.0 Å². The number of rotatable bonds is 14. The average molecular weight is 899 g/mol. The number of phenols is 1. The lowest BCUT2D eigenvalue weighted by molar-refractivity contribution is -0.385. The largest absolute Gasteiger partial charge is 0.508 e. The van der Waals surface area contributed by atoms with Gasteiger partial charge in [0.05, 0.1) is 9.85 Å². The van der Waals surface area contributed by atoms with Crippen molar-refractivity contribution < 1.29 is 43.7 Å². The molecule has 0 aliphatic heterocycles. The number of carbonyl (C=O) groups excluding carboxylic acids is 6. The first-order valence-corrected chi connectivity index (χ1v) is 19.8. The summed E-state index contributed by atoms with van der Waals surface area (Å²) >= 11 is 0. The summed E-state index contributed by atoms with van der Waals surface area (Å²) in [5.74, 6) is -4.12. The van der Waals surface area contributed by atoms with E-state index in [0.29, 0.717) is 11.4 Å². The highest BCUT2D eigenvalue weighted by Crippen LogP contribution is 2.24. The molecule has 7 rings (SSSR count). The molecule has 0 aliphatic carbocycles. The van der Waals surface area contributed by atoms with Crippen LogP contribution in [0.3, 0.4) is 0 Å². The molecule has 7 aromatic rings. The molecule has 332 valence electrons. The van der Waals surface area contributed by atoms with Gasteiger partial charge in [-0.25, -0.2) is 0 Å². The first kappa shape index (κ1) is 45.0. The molecule has 67 heavy (non-hydrogen) atoms. The Labute approximate surface area is 378 Å². The topological polar surface area (TPSA) is 281 Å². The lowest BCUT2D eigenvalue weighted by Crippen LogP contribution is -2.17. The van der Waals surface area contributed by atoms with Crippen LogP contribution in [0.5, 0.6) is 5.75 Å². The Kier molecular flexibility index (Phi) is 13.4. The van der Waals surface area contributed by atoms with E-state index in [2.05, 4.69) is 31.9 Å². The minimum absolute atomic E-state index is 0.0524. The van der Waals surface area contributed by atoms with E-state index in [1.807, 2.05) is 0 Å². The molecule has 0 aliphatic rings. The quantitative estimate of drug-likeness (QED) is 0.0400. The van der Waals surface area contributed by atoms with E-state index in [0.717, 1.165) is 24.3 Å². The van der Waals surface area contributed by atoms with Crippen LogP contribution < -0.4 is 31.9 Å². The van der Waals surface area contributed by atoms with Crippen molar-refractivity contribution in [3.05, 3.63) is 217 Å². The lowest BCUT2D eigenvalue weighted by atomic mass is 10.1. The average Bonchev–Trinajstić information content (AvgIpc) is 3.31. The van der Waals surface area contributed by atoms with Crippen molar-refractivity contribution in [3.63, 3.8) is 0 Å². The van der Waals surface area contributed by atoms with Crippen molar-refractivity contribution in [2.75, 3.05) is 31.9 Å². The highest BCUT2D eigenvalue weighted by molar-refractivity contribution is 6.11. The van der Waals surface area contributed by atoms with Crippen LogP contribution in [0.1, 0.15) is 62.1 Å². The molecule has 0 bridgehead atoms. The number of hydrogen-bond acceptors (Lipinski definition) is 11. The molecule has 7 N–H and O–H groups in total. The Balaban J connectivity index is 0.949. The molecule has 0 saturated carbocycles. The number of non-ortho nitro benzene ring substituents is 2. The maximum absolute atomic E-state index is 13.4. The third kappa shape index (κ3) is 11.7. The van der Waals surface area contributed by atoms with Crippen molar-refractivity contribution >= 4 is 80.9 Å². The van der Waals surface area contributed by atoms with Gasteiger partial charge in [0.2, 0.25) is 0 Å². The molecule has 6 amide bonds. The lowest BCUT2D eigenvalue weighted by Gasteiger charge is -2.12. The van der Waals surface area contributed by atoms with Crippen LogP contribution in [0.15, 0.2) is 164 Å². The van der Waals surface area contributed by atoms with Crippen LogP contribution in [-0.4, -0.2) is 50.4 Å². The van der Waals surface area contributed by atoms with Gasteiger partial charge < -0.3 is 37.0 Å². The number of benzene rings is 7. The highest BCUT2D eigenvalue weighted by atomic mass is 16.6. The van der Waals surface area contributed by atoms with Crippen molar-refractivity contribution in [2.24, 2.45) is 0 Å². The van der Waals surface area contributed by atoms with E-state index >= 15 is 0 Å². The van der Waals surface area contributed by atoms with E-state index in [9.17, 15) is 54.1 Å². The summed E-state index contributed by atoms with van der Waals surface area (Å²) in [5.41, 5.74) is 1.40. The van der Waals surface area contributed by atoms with Gasteiger partial charge in [-0.05, 0) is 103 Å². The molecule has 0 aromatic heterocycles. The summed E-state index contributed by atoms with van der Waals surface area (Å²) in [6.07, 6.45) is 0. The fourth-order valence-electron chi connectivity index (χ4n) is 6.44. The molecule has 0 atom stereocenters.